The SMILES string of the molecule is CC/C(=N/NCc1c(Cl)cccc1Cl)c1ccco1. The Bertz CT molecular complexity index is 545. The maximum absolute atomic E-state index is 6.09. The first kappa shape index (κ1) is 14.0. The molecule has 19 heavy (non-hydrogen) atoms. The molecule has 0 atom stereocenters. The third kappa shape index (κ3) is 3.52. The van der Waals surface area contributed by atoms with Crippen molar-refractivity contribution in [2.75, 3.05) is 0 Å². The Labute approximate surface area is 122 Å². The van der Waals surface area contributed by atoms with Gasteiger partial charge in [0.15, 0.2) is 0 Å². The van der Waals surface area contributed by atoms with Crippen molar-refractivity contribution in [3.63, 3.8) is 0 Å². The Hall–Kier alpha value is -1.45. The van der Waals surface area contributed by atoms with Crippen molar-refractivity contribution in [1.29, 1.82) is 0 Å². The van der Waals surface area contributed by atoms with Gasteiger partial charge in [-0.05, 0) is 30.7 Å². The van der Waals surface area contributed by atoms with Gasteiger partial charge in [0.2, 0.25) is 0 Å². The molecule has 0 aliphatic carbocycles. The highest BCUT2D eigenvalue weighted by Gasteiger charge is 2.06. The summed E-state index contributed by atoms with van der Waals surface area (Å²) in [5.74, 6) is 0.764. The van der Waals surface area contributed by atoms with Crippen LogP contribution in [-0.2, 0) is 6.54 Å². The van der Waals surface area contributed by atoms with E-state index in [9.17, 15) is 0 Å². The topological polar surface area (TPSA) is 37.5 Å². The van der Waals surface area contributed by atoms with Gasteiger partial charge >= 0.3 is 0 Å². The standard InChI is InChI=1S/C14H14Cl2N2O/c1-2-13(14-7-4-8-19-14)18-17-9-10-11(15)5-3-6-12(10)16/h3-8,17H,2,9H2,1H3/b18-13-. The fraction of sp³-hybridized carbons (Fsp3) is 0.214. The first-order valence-corrected chi connectivity index (χ1v) is 6.74. The molecule has 0 aliphatic heterocycles. The zero-order valence-electron chi connectivity index (χ0n) is 10.5. The van der Waals surface area contributed by atoms with Crippen LogP contribution in [0.2, 0.25) is 10.0 Å². The molecule has 1 heterocycles. The maximum Gasteiger partial charge on any atom is 0.149 e. The van der Waals surface area contributed by atoms with E-state index >= 15 is 0 Å². The van der Waals surface area contributed by atoms with E-state index in [0.717, 1.165) is 23.5 Å². The van der Waals surface area contributed by atoms with Crippen molar-refractivity contribution >= 4 is 28.9 Å². The van der Waals surface area contributed by atoms with E-state index in [4.69, 9.17) is 27.6 Å². The largest absolute Gasteiger partial charge is 0.463 e. The molecular weight excluding hydrogens is 283 g/mol. The molecule has 100 valence electrons. The van der Waals surface area contributed by atoms with E-state index in [1.165, 1.54) is 0 Å². The molecule has 0 fully saturated rings. The van der Waals surface area contributed by atoms with Gasteiger partial charge in [-0.3, -0.25) is 0 Å². The fourth-order valence-corrected chi connectivity index (χ4v) is 2.20. The van der Waals surface area contributed by atoms with Crippen LogP contribution in [0.25, 0.3) is 0 Å². The lowest BCUT2D eigenvalue weighted by Gasteiger charge is -2.07. The molecule has 1 aromatic carbocycles. The van der Waals surface area contributed by atoms with Gasteiger partial charge in [0, 0.05) is 15.6 Å². The Morgan fingerprint density at radius 2 is 1.95 bits per heavy atom. The van der Waals surface area contributed by atoms with Gasteiger partial charge in [0.1, 0.15) is 11.5 Å². The van der Waals surface area contributed by atoms with Crippen LogP contribution in [0.1, 0.15) is 24.7 Å². The van der Waals surface area contributed by atoms with E-state index in [-0.39, 0.29) is 0 Å². The summed E-state index contributed by atoms with van der Waals surface area (Å²) in [6.45, 7) is 2.49. The van der Waals surface area contributed by atoms with Crippen LogP contribution in [-0.4, -0.2) is 5.71 Å². The van der Waals surface area contributed by atoms with Crippen LogP contribution < -0.4 is 5.43 Å². The van der Waals surface area contributed by atoms with Crippen LogP contribution in [0, 0.1) is 0 Å². The molecule has 0 spiro atoms. The summed E-state index contributed by atoms with van der Waals surface area (Å²) in [5.41, 5.74) is 4.67. The first-order chi connectivity index (χ1) is 9.22. The van der Waals surface area contributed by atoms with Crippen molar-refractivity contribution in [3.05, 3.63) is 58.0 Å². The minimum atomic E-state index is 0.475. The predicted molar refractivity (Wildman–Crippen MR) is 78.8 cm³/mol. The lowest BCUT2D eigenvalue weighted by atomic mass is 10.2. The molecule has 1 N–H and O–H groups in total. The van der Waals surface area contributed by atoms with Gasteiger partial charge < -0.3 is 9.84 Å². The van der Waals surface area contributed by atoms with Crippen LogP contribution in [0.3, 0.4) is 0 Å². The van der Waals surface area contributed by atoms with E-state index in [1.54, 1.807) is 18.4 Å². The van der Waals surface area contributed by atoms with E-state index in [2.05, 4.69) is 10.5 Å². The molecule has 0 saturated carbocycles. The number of hydrazone groups is 1. The van der Waals surface area contributed by atoms with E-state index in [0.29, 0.717) is 16.6 Å². The molecule has 5 heteroatoms. The Balaban J connectivity index is 2.06. The Morgan fingerprint density at radius 1 is 1.21 bits per heavy atom. The van der Waals surface area contributed by atoms with Crippen molar-refractivity contribution in [2.24, 2.45) is 5.10 Å². The maximum atomic E-state index is 6.09. The summed E-state index contributed by atoms with van der Waals surface area (Å²) in [7, 11) is 0. The zero-order valence-corrected chi connectivity index (χ0v) is 12.0. The lowest BCUT2D eigenvalue weighted by Crippen LogP contribution is -2.11. The van der Waals surface area contributed by atoms with Gasteiger partial charge in [0.05, 0.1) is 12.8 Å². The van der Waals surface area contributed by atoms with E-state index in [1.807, 2.05) is 25.1 Å². The Kier molecular flexibility index (Phi) is 4.88. The van der Waals surface area contributed by atoms with E-state index < -0.39 is 0 Å². The molecular formula is C14H14Cl2N2O. The molecule has 1 aromatic heterocycles. The second-order valence-corrected chi connectivity index (χ2v) is 4.74. The highest BCUT2D eigenvalue weighted by molar-refractivity contribution is 6.35. The highest BCUT2D eigenvalue weighted by Crippen LogP contribution is 2.23. The van der Waals surface area contributed by atoms with Crippen LogP contribution in [0.15, 0.2) is 46.1 Å². The normalized spacial score (nSPS) is 11.6. The van der Waals surface area contributed by atoms with Crippen molar-refractivity contribution in [3.8, 4) is 0 Å². The van der Waals surface area contributed by atoms with Gasteiger partial charge in [-0.2, -0.15) is 5.10 Å². The van der Waals surface area contributed by atoms with Crippen LogP contribution >= 0.6 is 23.2 Å². The first-order valence-electron chi connectivity index (χ1n) is 5.98. The molecule has 2 rings (SSSR count). The number of rotatable bonds is 5. The minimum absolute atomic E-state index is 0.475. The van der Waals surface area contributed by atoms with Crippen molar-refractivity contribution < 1.29 is 4.42 Å². The predicted octanol–water partition coefficient (Wildman–Crippen LogP) is 4.49. The zero-order chi connectivity index (χ0) is 13.7. The molecule has 3 nitrogen and oxygen atoms in total. The monoisotopic (exact) mass is 296 g/mol. The number of hydrogen-bond acceptors (Lipinski definition) is 3. The summed E-state index contributed by atoms with van der Waals surface area (Å²) >= 11 is 12.2. The van der Waals surface area contributed by atoms with Gasteiger partial charge in [-0.1, -0.05) is 36.2 Å². The quantitative estimate of drug-likeness (QED) is 0.652. The third-order valence-electron chi connectivity index (χ3n) is 2.67. The number of furan rings is 1. The fourth-order valence-electron chi connectivity index (χ4n) is 1.67. The van der Waals surface area contributed by atoms with Crippen LogP contribution in [0.5, 0.6) is 0 Å². The minimum Gasteiger partial charge on any atom is -0.463 e. The molecule has 0 saturated heterocycles. The average Bonchev–Trinajstić information content (AvgIpc) is 2.91. The molecule has 0 unspecified atom stereocenters. The summed E-state index contributed by atoms with van der Waals surface area (Å²) < 4.78 is 5.31. The molecule has 0 aliphatic rings. The van der Waals surface area contributed by atoms with Crippen molar-refractivity contribution in [2.45, 2.75) is 19.9 Å². The number of benzene rings is 1. The number of nitrogens with zero attached hydrogens (tertiary/aromatic N) is 1. The lowest BCUT2D eigenvalue weighted by molar-refractivity contribution is 0.554. The van der Waals surface area contributed by atoms with Gasteiger partial charge in [-0.25, -0.2) is 0 Å². The summed E-state index contributed by atoms with van der Waals surface area (Å²) in [4.78, 5) is 0. The number of hydrogen-bond donors (Lipinski definition) is 1. The Morgan fingerprint density at radius 3 is 2.53 bits per heavy atom. The number of nitrogens with one attached hydrogen (secondary N) is 1. The molecule has 0 amide bonds. The summed E-state index contributed by atoms with van der Waals surface area (Å²) in [6.07, 6.45) is 2.40. The number of halogens is 2. The second-order valence-electron chi connectivity index (χ2n) is 3.92. The molecule has 0 bridgehead atoms. The summed E-state index contributed by atoms with van der Waals surface area (Å²) in [5, 5.41) is 5.58. The second kappa shape index (κ2) is 6.64. The smallest absolute Gasteiger partial charge is 0.149 e. The highest BCUT2D eigenvalue weighted by atomic mass is 35.5. The van der Waals surface area contributed by atoms with Crippen molar-refractivity contribution in [1.82, 2.24) is 5.43 Å². The van der Waals surface area contributed by atoms with Gasteiger partial charge in [0.25, 0.3) is 0 Å². The average molecular weight is 297 g/mol. The third-order valence-corrected chi connectivity index (χ3v) is 3.38. The van der Waals surface area contributed by atoms with Crippen LogP contribution in [0.4, 0.5) is 0 Å². The molecule has 2 aromatic rings. The summed E-state index contributed by atoms with van der Waals surface area (Å²) in [6, 6.07) is 9.15. The molecule has 0 radical (unpaired) electrons. The van der Waals surface area contributed by atoms with Gasteiger partial charge in [-0.15, -0.1) is 0 Å².